The van der Waals surface area contributed by atoms with Crippen molar-refractivity contribution in [2.45, 2.75) is 45.8 Å². The predicted octanol–water partition coefficient (Wildman–Crippen LogP) is 2.90. The molecule has 0 fully saturated rings. The van der Waals surface area contributed by atoms with Gasteiger partial charge in [0.2, 0.25) is 0 Å². The van der Waals surface area contributed by atoms with Crippen molar-refractivity contribution >= 4 is 12.1 Å². The van der Waals surface area contributed by atoms with Crippen molar-refractivity contribution in [2.24, 2.45) is 0 Å². The number of ether oxygens (including phenoxy) is 1. The highest BCUT2D eigenvalue weighted by atomic mass is 16.6. The van der Waals surface area contributed by atoms with E-state index in [2.05, 4.69) is 5.32 Å². The first-order valence-electron chi connectivity index (χ1n) is 6.47. The number of hydrogen-bond donors (Lipinski definition) is 2. The van der Waals surface area contributed by atoms with Gasteiger partial charge in [0.25, 0.3) is 0 Å². The highest BCUT2D eigenvalue weighted by molar-refractivity contribution is 5.70. The molecular formula is C15H21NO4. The van der Waals surface area contributed by atoms with Crippen LogP contribution in [0.1, 0.15) is 44.9 Å². The van der Waals surface area contributed by atoms with Crippen LogP contribution in [0.3, 0.4) is 0 Å². The van der Waals surface area contributed by atoms with Crippen LogP contribution in [-0.2, 0) is 16.0 Å². The Bertz CT molecular complexity index is 491. The Morgan fingerprint density at radius 1 is 1.35 bits per heavy atom. The van der Waals surface area contributed by atoms with Crippen LogP contribution < -0.4 is 5.32 Å². The summed E-state index contributed by atoms with van der Waals surface area (Å²) in [7, 11) is 0. The molecular weight excluding hydrogens is 258 g/mol. The van der Waals surface area contributed by atoms with E-state index in [4.69, 9.17) is 9.84 Å². The van der Waals surface area contributed by atoms with Gasteiger partial charge >= 0.3 is 12.1 Å². The summed E-state index contributed by atoms with van der Waals surface area (Å²) >= 11 is 0. The first kappa shape index (κ1) is 16.0. The Hall–Kier alpha value is -2.04. The van der Waals surface area contributed by atoms with E-state index in [1.807, 2.05) is 13.0 Å². The summed E-state index contributed by atoms with van der Waals surface area (Å²) in [6, 6.07) is 6.89. The van der Waals surface area contributed by atoms with E-state index in [1.165, 1.54) is 0 Å². The molecule has 20 heavy (non-hydrogen) atoms. The molecule has 0 spiro atoms. The van der Waals surface area contributed by atoms with Crippen LogP contribution in [-0.4, -0.2) is 22.8 Å². The van der Waals surface area contributed by atoms with Gasteiger partial charge in [-0.05, 0) is 38.8 Å². The van der Waals surface area contributed by atoms with Crippen molar-refractivity contribution in [3.8, 4) is 0 Å². The molecule has 1 atom stereocenters. The lowest BCUT2D eigenvalue weighted by atomic mass is 10.0. The zero-order valence-corrected chi connectivity index (χ0v) is 12.3. The quantitative estimate of drug-likeness (QED) is 0.888. The van der Waals surface area contributed by atoms with Crippen molar-refractivity contribution in [3.05, 3.63) is 35.4 Å². The molecule has 0 heterocycles. The summed E-state index contributed by atoms with van der Waals surface area (Å²) in [6.07, 6.45) is -0.527. The largest absolute Gasteiger partial charge is 0.481 e. The van der Waals surface area contributed by atoms with Gasteiger partial charge in [-0.2, -0.15) is 0 Å². The van der Waals surface area contributed by atoms with E-state index >= 15 is 0 Å². The number of nitrogens with one attached hydrogen (secondary N) is 1. The minimum Gasteiger partial charge on any atom is -0.481 e. The Morgan fingerprint density at radius 3 is 2.55 bits per heavy atom. The van der Waals surface area contributed by atoms with Gasteiger partial charge in [-0.3, -0.25) is 4.79 Å². The molecule has 0 aliphatic rings. The van der Waals surface area contributed by atoms with Gasteiger partial charge in [0, 0.05) is 0 Å². The number of alkyl carbamates (subject to hydrolysis) is 1. The number of carbonyl (C=O) groups excluding carboxylic acids is 1. The molecule has 0 radical (unpaired) electrons. The summed E-state index contributed by atoms with van der Waals surface area (Å²) < 4.78 is 5.18. The van der Waals surface area contributed by atoms with E-state index in [0.29, 0.717) is 5.56 Å². The van der Waals surface area contributed by atoms with Crippen LogP contribution in [0, 0.1) is 0 Å². The first-order chi connectivity index (χ1) is 9.17. The molecule has 110 valence electrons. The summed E-state index contributed by atoms with van der Waals surface area (Å²) in [4.78, 5) is 22.4. The lowest BCUT2D eigenvalue weighted by Crippen LogP contribution is -2.34. The minimum atomic E-state index is -0.880. The Morgan fingerprint density at radius 2 is 2.00 bits per heavy atom. The van der Waals surface area contributed by atoms with E-state index in [9.17, 15) is 9.59 Å². The van der Waals surface area contributed by atoms with E-state index in [-0.39, 0.29) is 12.5 Å². The van der Waals surface area contributed by atoms with E-state index in [1.54, 1.807) is 39.0 Å². The highest BCUT2D eigenvalue weighted by Crippen LogP contribution is 2.16. The zero-order valence-electron chi connectivity index (χ0n) is 12.3. The van der Waals surface area contributed by atoms with E-state index in [0.717, 1.165) is 5.56 Å². The fraction of sp³-hybridized carbons (Fsp3) is 0.467. The number of benzene rings is 1. The predicted molar refractivity (Wildman–Crippen MR) is 75.6 cm³/mol. The van der Waals surface area contributed by atoms with Gasteiger partial charge in [0.1, 0.15) is 5.60 Å². The van der Waals surface area contributed by atoms with Crippen molar-refractivity contribution < 1.29 is 19.4 Å². The number of aliphatic carboxylic acids is 1. The third-order valence-electron chi connectivity index (χ3n) is 2.54. The van der Waals surface area contributed by atoms with Gasteiger partial charge in [-0.1, -0.05) is 24.3 Å². The molecule has 1 rings (SSSR count). The van der Waals surface area contributed by atoms with Crippen LogP contribution in [0.15, 0.2) is 24.3 Å². The molecule has 0 aromatic heterocycles. The molecule has 0 aliphatic carbocycles. The number of carbonyl (C=O) groups is 2. The maximum absolute atomic E-state index is 11.7. The summed E-state index contributed by atoms with van der Waals surface area (Å²) in [5.74, 6) is -0.880. The van der Waals surface area contributed by atoms with Crippen molar-refractivity contribution in [3.63, 3.8) is 0 Å². The first-order valence-corrected chi connectivity index (χ1v) is 6.47. The Balaban J connectivity index is 2.70. The highest BCUT2D eigenvalue weighted by Gasteiger charge is 2.18. The van der Waals surface area contributed by atoms with Crippen LogP contribution >= 0.6 is 0 Å². The second-order valence-electron chi connectivity index (χ2n) is 5.68. The normalized spacial score (nSPS) is 12.6. The maximum Gasteiger partial charge on any atom is 0.408 e. The van der Waals surface area contributed by atoms with Crippen LogP contribution in [0.4, 0.5) is 4.79 Å². The SMILES string of the molecule is CC(NC(=O)OC(C)(C)C)c1cccc(CC(=O)O)c1. The average Bonchev–Trinajstić information content (AvgIpc) is 2.25. The lowest BCUT2D eigenvalue weighted by Gasteiger charge is -2.22. The minimum absolute atomic E-state index is 0.0347. The van der Waals surface area contributed by atoms with E-state index < -0.39 is 17.7 Å². The molecule has 0 saturated carbocycles. The van der Waals surface area contributed by atoms with Gasteiger partial charge < -0.3 is 15.2 Å². The second kappa shape index (κ2) is 6.41. The van der Waals surface area contributed by atoms with Gasteiger partial charge in [-0.25, -0.2) is 4.79 Å². The topological polar surface area (TPSA) is 75.6 Å². The molecule has 1 amide bonds. The fourth-order valence-electron chi connectivity index (χ4n) is 1.71. The van der Waals surface area contributed by atoms with Crippen LogP contribution in [0.2, 0.25) is 0 Å². The smallest absolute Gasteiger partial charge is 0.408 e. The summed E-state index contributed by atoms with van der Waals surface area (Å²) in [5.41, 5.74) is 0.997. The standard InChI is InChI=1S/C15H21NO4/c1-10(16-14(19)20-15(2,3)4)12-7-5-6-11(8-12)9-13(17)18/h5-8,10H,9H2,1-4H3,(H,16,19)(H,17,18). The monoisotopic (exact) mass is 279 g/mol. The van der Waals surface area contributed by atoms with Gasteiger partial charge in [0.15, 0.2) is 0 Å². The van der Waals surface area contributed by atoms with Crippen LogP contribution in [0.25, 0.3) is 0 Å². The molecule has 1 unspecified atom stereocenters. The molecule has 1 aromatic rings. The van der Waals surface area contributed by atoms with Crippen molar-refractivity contribution in [1.29, 1.82) is 0 Å². The summed E-state index contributed by atoms with van der Waals surface area (Å²) in [5, 5.41) is 11.5. The van der Waals surface area contributed by atoms with Crippen LogP contribution in [0.5, 0.6) is 0 Å². The lowest BCUT2D eigenvalue weighted by molar-refractivity contribution is -0.136. The molecule has 0 bridgehead atoms. The molecule has 1 aromatic carbocycles. The molecule has 5 nitrogen and oxygen atoms in total. The van der Waals surface area contributed by atoms with Crippen molar-refractivity contribution in [1.82, 2.24) is 5.32 Å². The molecule has 0 aliphatic heterocycles. The van der Waals surface area contributed by atoms with Crippen molar-refractivity contribution in [2.75, 3.05) is 0 Å². The second-order valence-corrected chi connectivity index (χ2v) is 5.68. The molecule has 0 saturated heterocycles. The number of rotatable bonds is 4. The number of amides is 1. The number of carboxylic acids is 1. The molecule has 2 N–H and O–H groups in total. The number of carboxylic acid groups (broad SMARTS) is 1. The van der Waals surface area contributed by atoms with Gasteiger partial charge in [-0.15, -0.1) is 0 Å². The third-order valence-corrected chi connectivity index (χ3v) is 2.54. The summed E-state index contributed by atoms with van der Waals surface area (Å²) in [6.45, 7) is 7.21. The fourth-order valence-corrected chi connectivity index (χ4v) is 1.71. The third kappa shape index (κ3) is 5.73. The number of hydrogen-bond acceptors (Lipinski definition) is 3. The molecule has 5 heteroatoms. The van der Waals surface area contributed by atoms with Gasteiger partial charge in [0.05, 0.1) is 12.5 Å². The Kier molecular flexibility index (Phi) is 5.13. The zero-order chi connectivity index (χ0) is 15.3. The maximum atomic E-state index is 11.7. The Labute approximate surface area is 118 Å². The average molecular weight is 279 g/mol.